The number of nitrogens with one attached hydrogen (secondary N) is 1. The van der Waals surface area contributed by atoms with Crippen molar-refractivity contribution in [3.8, 4) is 11.4 Å². The van der Waals surface area contributed by atoms with Crippen LogP contribution in [0.15, 0.2) is 60.9 Å². The van der Waals surface area contributed by atoms with E-state index in [-0.39, 0.29) is 11.6 Å². The van der Waals surface area contributed by atoms with Gasteiger partial charge in [0, 0.05) is 34.6 Å². The highest BCUT2D eigenvalue weighted by atomic mass is 16.2. The average molecular weight is 397 g/mol. The van der Waals surface area contributed by atoms with E-state index in [2.05, 4.69) is 20.3 Å². The number of carbonyl (C=O) groups is 2. The van der Waals surface area contributed by atoms with E-state index in [0.29, 0.717) is 17.1 Å². The number of nitrogens with zero attached hydrogens (tertiary/aromatic N) is 3. The van der Waals surface area contributed by atoms with E-state index in [9.17, 15) is 9.59 Å². The molecule has 0 spiro atoms. The molecular weight excluding hydrogens is 378 g/mol. The summed E-state index contributed by atoms with van der Waals surface area (Å²) < 4.78 is 0. The molecule has 2 aromatic carbocycles. The maximum absolute atomic E-state index is 12.6. The van der Waals surface area contributed by atoms with Crippen LogP contribution < -0.4 is 11.1 Å². The molecule has 0 atom stereocenters. The summed E-state index contributed by atoms with van der Waals surface area (Å²) in [5.74, 6) is -0.420. The molecule has 3 N–H and O–H groups in total. The first-order valence-electron chi connectivity index (χ1n) is 9.32. The topological polar surface area (TPSA) is 111 Å². The Kier molecular flexibility index (Phi) is 4.93. The zero-order valence-corrected chi connectivity index (χ0v) is 16.5. The van der Waals surface area contributed by atoms with Gasteiger partial charge in [0.2, 0.25) is 0 Å². The summed E-state index contributed by atoms with van der Waals surface area (Å²) in [4.78, 5) is 36.8. The first-order chi connectivity index (χ1) is 14.4. The van der Waals surface area contributed by atoms with Gasteiger partial charge in [0.25, 0.3) is 11.8 Å². The van der Waals surface area contributed by atoms with Gasteiger partial charge in [0.05, 0.1) is 5.52 Å². The third kappa shape index (κ3) is 3.86. The fourth-order valence-electron chi connectivity index (χ4n) is 3.14. The van der Waals surface area contributed by atoms with Crippen LogP contribution in [0.3, 0.4) is 0 Å². The smallest absolute Gasteiger partial charge is 0.267 e. The second-order valence-corrected chi connectivity index (χ2v) is 7.03. The van der Waals surface area contributed by atoms with Gasteiger partial charge in [-0.05, 0) is 61.9 Å². The van der Waals surface area contributed by atoms with Gasteiger partial charge in [0.1, 0.15) is 5.69 Å². The van der Waals surface area contributed by atoms with Gasteiger partial charge in [-0.1, -0.05) is 11.6 Å². The zero-order chi connectivity index (χ0) is 21.3. The van der Waals surface area contributed by atoms with Crippen LogP contribution in [0.1, 0.15) is 32.0 Å². The summed E-state index contributed by atoms with van der Waals surface area (Å²) in [6.45, 7) is 3.93. The molecule has 0 bridgehead atoms. The van der Waals surface area contributed by atoms with Crippen LogP contribution in [0.25, 0.3) is 22.3 Å². The summed E-state index contributed by atoms with van der Waals surface area (Å²) in [7, 11) is 0. The molecule has 0 saturated carbocycles. The summed E-state index contributed by atoms with van der Waals surface area (Å²) in [6, 6.07) is 14.5. The minimum atomic E-state index is -0.685. The lowest BCUT2D eigenvalue weighted by molar-refractivity contribution is 0.0995. The van der Waals surface area contributed by atoms with Crippen LogP contribution in [0.4, 0.5) is 5.69 Å². The first-order valence-corrected chi connectivity index (χ1v) is 9.32. The van der Waals surface area contributed by atoms with Gasteiger partial charge in [-0.3, -0.25) is 14.6 Å². The van der Waals surface area contributed by atoms with Gasteiger partial charge in [-0.2, -0.15) is 0 Å². The number of rotatable bonds is 4. The molecule has 2 amide bonds. The average Bonchev–Trinajstić information content (AvgIpc) is 2.74. The van der Waals surface area contributed by atoms with Crippen molar-refractivity contribution in [2.75, 3.05) is 5.32 Å². The van der Waals surface area contributed by atoms with Gasteiger partial charge in [0.15, 0.2) is 5.82 Å². The van der Waals surface area contributed by atoms with E-state index in [1.165, 1.54) is 18.3 Å². The number of primary amides is 1. The monoisotopic (exact) mass is 397 g/mol. The van der Waals surface area contributed by atoms with Crippen molar-refractivity contribution in [3.63, 3.8) is 0 Å². The SMILES string of the molecule is Cc1ccc2nc(-c3ccc(NC(=O)c4ccnc(C(N)=O)c4)c(C)c3)ncc2c1. The number of aromatic nitrogens is 3. The Hall–Kier alpha value is -4.13. The van der Waals surface area contributed by atoms with Crippen molar-refractivity contribution in [3.05, 3.63) is 83.3 Å². The van der Waals surface area contributed by atoms with Crippen molar-refractivity contribution in [2.24, 2.45) is 5.73 Å². The van der Waals surface area contributed by atoms with Crippen LogP contribution in [-0.4, -0.2) is 26.8 Å². The molecule has 0 aliphatic heterocycles. The summed E-state index contributed by atoms with van der Waals surface area (Å²) in [6.07, 6.45) is 3.19. The van der Waals surface area contributed by atoms with E-state index < -0.39 is 5.91 Å². The molecule has 0 unspecified atom stereocenters. The quantitative estimate of drug-likeness (QED) is 0.546. The fraction of sp³-hybridized carbons (Fsp3) is 0.0870. The molecule has 0 aliphatic carbocycles. The molecule has 0 aliphatic rings. The molecule has 4 rings (SSSR count). The van der Waals surface area contributed by atoms with Crippen LogP contribution in [0.5, 0.6) is 0 Å². The highest BCUT2D eigenvalue weighted by molar-refractivity contribution is 6.06. The van der Waals surface area contributed by atoms with Crippen LogP contribution in [-0.2, 0) is 0 Å². The molecule has 2 heterocycles. The normalized spacial score (nSPS) is 10.7. The zero-order valence-electron chi connectivity index (χ0n) is 16.5. The lowest BCUT2D eigenvalue weighted by Crippen LogP contribution is -2.17. The van der Waals surface area contributed by atoms with Crippen molar-refractivity contribution in [2.45, 2.75) is 13.8 Å². The molecule has 0 radical (unpaired) electrons. The maximum atomic E-state index is 12.6. The molecule has 7 heteroatoms. The largest absolute Gasteiger partial charge is 0.364 e. The van der Waals surface area contributed by atoms with Gasteiger partial charge in [-0.15, -0.1) is 0 Å². The summed E-state index contributed by atoms with van der Waals surface area (Å²) in [5, 5.41) is 3.84. The molecule has 0 saturated heterocycles. The number of pyridine rings is 1. The van der Waals surface area contributed by atoms with E-state index in [0.717, 1.165) is 27.6 Å². The second-order valence-electron chi connectivity index (χ2n) is 7.03. The third-order valence-electron chi connectivity index (χ3n) is 4.74. The molecular formula is C23H19N5O2. The summed E-state index contributed by atoms with van der Waals surface area (Å²) >= 11 is 0. The van der Waals surface area contributed by atoms with E-state index in [1.54, 1.807) is 6.07 Å². The highest BCUT2D eigenvalue weighted by Crippen LogP contribution is 2.24. The van der Waals surface area contributed by atoms with E-state index >= 15 is 0 Å². The Labute approximate surface area is 173 Å². The Bertz CT molecular complexity index is 1300. The van der Waals surface area contributed by atoms with Crippen molar-refractivity contribution in [1.82, 2.24) is 15.0 Å². The predicted molar refractivity (Wildman–Crippen MR) is 115 cm³/mol. The second kappa shape index (κ2) is 7.71. The number of fused-ring (bicyclic) bond motifs is 1. The number of aryl methyl sites for hydroxylation is 2. The molecule has 148 valence electrons. The number of anilines is 1. The first kappa shape index (κ1) is 19.2. The molecule has 7 nitrogen and oxygen atoms in total. The fourth-order valence-corrected chi connectivity index (χ4v) is 3.14. The van der Waals surface area contributed by atoms with Crippen molar-refractivity contribution in [1.29, 1.82) is 0 Å². The van der Waals surface area contributed by atoms with E-state index in [1.807, 2.05) is 50.4 Å². The predicted octanol–water partition coefficient (Wildman–Crippen LogP) is 3.66. The highest BCUT2D eigenvalue weighted by Gasteiger charge is 2.12. The van der Waals surface area contributed by atoms with Crippen molar-refractivity contribution >= 4 is 28.4 Å². The van der Waals surface area contributed by atoms with Crippen LogP contribution in [0.2, 0.25) is 0 Å². The van der Waals surface area contributed by atoms with Gasteiger partial charge >= 0.3 is 0 Å². The lowest BCUT2D eigenvalue weighted by Gasteiger charge is -2.11. The molecule has 4 aromatic rings. The Morgan fingerprint density at radius 2 is 1.80 bits per heavy atom. The number of carbonyl (C=O) groups excluding carboxylic acids is 2. The van der Waals surface area contributed by atoms with E-state index in [4.69, 9.17) is 5.73 Å². The van der Waals surface area contributed by atoms with Gasteiger partial charge < -0.3 is 11.1 Å². The van der Waals surface area contributed by atoms with Crippen LogP contribution >= 0.6 is 0 Å². The Morgan fingerprint density at radius 3 is 2.57 bits per heavy atom. The minimum absolute atomic E-state index is 0.0402. The summed E-state index contributed by atoms with van der Waals surface area (Å²) in [5.41, 5.74) is 9.97. The Morgan fingerprint density at radius 1 is 0.967 bits per heavy atom. The number of hydrogen-bond acceptors (Lipinski definition) is 5. The molecule has 2 aromatic heterocycles. The standard InChI is InChI=1S/C23H19N5O2/c1-13-3-5-19-17(9-13)12-26-22(27-19)15-4-6-18(14(2)10-15)28-23(30)16-7-8-25-20(11-16)21(24)29/h3-12H,1-2H3,(H2,24,29)(H,28,30). The minimum Gasteiger partial charge on any atom is -0.364 e. The molecule has 0 fully saturated rings. The lowest BCUT2D eigenvalue weighted by atomic mass is 10.1. The maximum Gasteiger partial charge on any atom is 0.267 e. The number of amides is 2. The number of benzene rings is 2. The number of hydrogen-bond donors (Lipinski definition) is 2. The Balaban J connectivity index is 1.59. The number of nitrogens with two attached hydrogens (primary N) is 1. The van der Waals surface area contributed by atoms with Crippen molar-refractivity contribution < 1.29 is 9.59 Å². The van der Waals surface area contributed by atoms with Crippen LogP contribution in [0, 0.1) is 13.8 Å². The third-order valence-corrected chi connectivity index (χ3v) is 4.74. The van der Waals surface area contributed by atoms with Gasteiger partial charge in [-0.25, -0.2) is 9.97 Å². The molecule has 30 heavy (non-hydrogen) atoms.